The van der Waals surface area contributed by atoms with E-state index in [0.29, 0.717) is 5.02 Å². The smallest absolute Gasteiger partial charge is 0.128 e. The third kappa shape index (κ3) is 2.76. The lowest BCUT2D eigenvalue weighted by Gasteiger charge is -2.30. The molecule has 2 heteroatoms. The second-order valence-corrected chi connectivity index (χ2v) is 6.75. The van der Waals surface area contributed by atoms with E-state index < -0.39 is 0 Å². The Morgan fingerprint density at radius 2 is 1.44 bits per heavy atom. The molecule has 90 valence electrons. The van der Waals surface area contributed by atoms with Crippen molar-refractivity contribution in [2.45, 2.75) is 52.4 Å². The van der Waals surface area contributed by atoms with Crippen LogP contribution >= 0.6 is 11.6 Å². The average Bonchev–Trinajstić information content (AvgIpc) is 1.97. The molecule has 0 unspecified atom stereocenters. The molecule has 0 aliphatic heterocycles. The SMILES string of the molecule is CC(C)(C)c1cc(Cl)cc(F)c1C(C)(C)C. The van der Waals surface area contributed by atoms with Crippen molar-refractivity contribution in [3.8, 4) is 0 Å². The summed E-state index contributed by atoms with van der Waals surface area (Å²) in [5.41, 5.74) is 1.44. The van der Waals surface area contributed by atoms with E-state index in [0.717, 1.165) is 11.1 Å². The first-order valence-electron chi connectivity index (χ1n) is 5.53. The molecule has 0 aliphatic carbocycles. The van der Waals surface area contributed by atoms with E-state index in [1.165, 1.54) is 6.07 Å². The van der Waals surface area contributed by atoms with Crippen LogP contribution in [0.3, 0.4) is 0 Å². The number of hydrogen-bond donors (Lipinski definition) is 0. The molecule has 0 radical (unpaired) electrons. The molecule has 0 bridgehead atoms. The summed E-state index contributed by atoms with van der Waals surface area (Å²) >= 11 is 5.94. The molecular weight excluding hydrogens is 223 g/mol. The Balaban J connectivity index is 3.58. The van der Waals surface area contributed by atoms with Crippen LogP contribution in [0.25, 0.3) is 0 Å². The summed E-state index contributed by atoms with van der Waals surface area (Å²) in [6, 6.07) is 3.28. The van der Waals surface area contributed by atoms with Gasteiger partial charge in [-0.25, -0.2) is 4.39 Å². The maximum atomic E-state index is 14.1. The maximum Gasteiger partial charge on any atom is 0.128 e. The fourth-order valence-corrected chi connectivity index (χ4v) is 2.13. The fraction of sp³-hybridized carbons (Fsp3) is 0.571. The van der Waals surface area contributed by atoms with Gasteiger partial charge in [-0.3, -0.25) is 0 Å². The van der Waals surface area contributed by atoms with E-state index in [-0.39, 0.29) is 16.6 Å². The van der Waals surface area contributed by atoms with Crippen molar-refractivity contribution in [2.24, 2.45) is 0 Å². The molecule has 0 spiro atoms. The zero-order valence-corrected chi connectivity index (χ0v) is 11.7. The van der Waals surface area contributed by atoms with Crippen molar-refractivity contribution in [1.82, 2.24) is 0 Å². The van der Waals surface area contributed by atoms with Crippen molar-refractivity contribution in [1.29, 1.82) is 0 Å². The molecule has 1 aromatic carbocycles. The second-order valence-electron chi connectivity index (χ2n) is 6.31. The Kier molecular flexibility index (Phi) is 3.40. The predicted molar refractivity (Wildman–Crippen MR) is 68.8 cm³/mol. The molecule has 1 rings (SSSR count). The molecule has 0 saturated heterocycles. The van der Waals surface area contributed by atoms with Gasteiger partial charge in [0.1, 0.15) is 5.82 Å². The molecule has 1 aromatic rings. The maximum absolute atomic E-state index is 14.1. The van der Waals surface area contributed by atoms with Crippen LogP contribution in [0.4, 0.5) is 4.39 Å². The van der Waals surface area contributed by atoms with Gasteiger partial charge in [-0.2, -0.15) is 0 Å². The second kappa shape index (κ2) is 4.03. The summed E-state index contributed by atoms with van der Waals surface area (Å²) in [5.74, 6) is -0.204. The summed E-state index contributed by atoms with van der Waals surface area (Å²) < 4.78 is 14.1. The summed E-state index contributed by atoms with van der Waals surface area (Å²) in [5, 5.41) is 0.468. The van der Waals surface area contributed by atoms with Gasteiger partial charge in [0.25, 0.3) is 0 Å². The predicted octanol–water partition coefficient (Wildman–Crippen LogP) is 5.07. The summed E-state index contributed by atoms with van der Waals surface area (Å²) in [6.45, 7) is 12.3. The van der Waals surface area contributed by atoms with Crippen molar-refractivity contribution in [2.75, 3.05) is 0 Å². The Morgan fingerprint density at radius 3 is 1.81 bits per heavy atom. The van der Waals surface area contributed by atoms with Crippen LogP contribution in [0, 0.1) is 5.82 Å². The van der Waals surface area contributed by atoms with Crippen LogP contribution in [0.2, 0.25) is 5.02 Å². The molecule has 0 nitrogen and oxygen atoms in total. The summed E-state index contributed by atoms with van der Waals surface area (Å²) in [7, 11) is 0. The molecule has 0 fully saturated rings. The molecule has 0 N–H and O–H groups in total. The van der Waals surface area contributed by atoms with Gasteiger partial charge in [-0.1, -0.05) is 53.1 Å². The van der Waals surface area contributed by atoms with E-state index in [1.807, 2.05) is 26.8 Å². The third-order valence-corrected chi connectivity index (χ3v) is 2.83. The molecule has 16 heavy (non-hydrogen) atoms. The van der Waals surface area contributed by atoms with E-state index >= 15 is 0 Å². The largest absolute Gasteiger partial charge is 0.207 e. The van der Waals surface area contributed by atoms with Gasteiger partial charge >= 0.3 is 0 Å². The van der Waals surface area contributed by atoms with Gasteiger partial charge < -0.3 is 0 Å². The Bertz CT molecular complexity index is 394. The van der Waals surface area contributed by atoms with Crippen LogP contribution in [0.5, 0.6) is 0 Å². The lowest BCUT2D eigenvalue weighted by Crippen LogP contribution is -2.23. The normalized spacial score (nSPS) is 13.0. The number of hydrogen-bond acceptors (Lipinski definition) is 0. The molecule has 0 saturated carbocycles. The van der Waals surface area contributed by atoms with Crippen LogP contribution in [0.1, 0.15) is 52.7 Å². The van der Waals surface area contributed by atoms with E-state index in [1.54, 1.807) is 0 Å². The van der Waals surface area contributed by atoms with Gasteiger partial charge in [0, 0.05) is 5.02 Å². The summed E-state index contributed by atoms with van der Waals surface area (Å²) in [6.07, 6.45) is 0. The first-order chi connectivity index (χ1) is 7.03. The molecular formula is C14H20ClF. The highest BCUT2D eigenvalue weighted by atomic mass is 35.5. The minimum absolute atomic E-state index is 0.103. The zero-order chi connectivity index (χ0) is 12.7. The minimum Gasteiger partial charge on any atom is -0.207 e. The summed E-state index contributed by atoms with van der Waals surface area (Å²) in [4.78, 5) is 0. The molecule has 0 aliphatic rings. The highest BCUT2D eigenvalue weighted by molar-refractivity contribution is 6.30. The lowest BCUT2D eigenvalue weighted by atomic mass is 9.75. The van der Waals surface area contributed by atoms with Gasteiger partial charge in [-0.15, -0.1) is 0 Å². The standard InChI is InChI=1S/C14H20ClF/c1-13(2,3)10-7-9(15)8-11(16)12(10)14(4,5)6/h7-8H,1-6H3. The van der Waals surface area contributed by atoms with Gasteiger partial charge in [0.2, 0.25) is 0 Å². The first kappa shape index (κ1) is 13.5. The third-order valence-electron chi connectivity index (χ3n) is 2.61. The van der Waals surface area contributed by atoms with E-state index in [9.17, 15) is 4.39 Å². The van der Waals surface area contributed by atoms with Crippen molar-refractivity contribution in [3.05, 3.63) is 34.1 Å². The molecule has 0 amide bonds. The van der Waals surface area contributed by atoms with Crippen LogP contribution in [-0.2, 0) is 10.8 Å². The first-order valence-corrected chi connectivity index (χ1v) is 5.91. The van der Waals surface area contributed by atoms with E-state index in [4.69, 9.17) is 11.6 Å². The fourth-order valence-electron chi connectivity index (χ4n) is 1.93. The molecule has 0 heterocycles. The van der Waals surface area contributed by atoms with Gasteiger partial charge in [-0.05, 0) is 34.1 Å². The highest BCUT2D eigenvalue weighted by Crippen LogP contribution is 2.37. The van der Waals surface area contributed by atoms with Crippen LogP contribution in [-0.4, -0.2) is 0 Å². The van der Waals surface area contributed by atoms with Gasteiger partial charge in [0.15, 0.2) is 0 Å². The van der Waals surface area contributed by atoms with Crippen molar-refractivity contribution >= 4 is 11.6 Å². The van der Waals surface area contributed by atoms with Crippen molar-refractivity contribution < 1.29 is 4.39 Å². The van der Waals surface area contributed by atoms with Gasteiger partial charge in [0.05, 0.1) is 0 Å². The number of halogens is 2. The minimum atomic E-state index is -0.211. The Labute approximate surface area is 103 Å². The lowest BCUT2D eigenvalue weighted by molar-refractivity contribution is 0.487. The number of benzene rings is 1. The molecule has 0 atom stereocenters. The topological polar surface area (TPSA) is 0 Å². The van der Waals surface area contributed by atoms with Crippen LogP contribution in [0.15, 0.2) is 12.1 Å². The van der Waals surface area contributed by atoms with Crippen LogP contribution < -0.4 is 0 Å². The highest BCUT2D eigenvalue weighted by Gasteiger charge is 2.28. The van der Waals surface area contributed by atoms with Crippen molar-refractivity contribution in [3.63, 3.8) is 0 Å². The zero-order valence-electron chi connectivity index (χ0n) is 10.9. The average molecular weight is 243 g/mol. The molecule has 0 aromatic heterocycles. The monoisotopic (exact) mass is 242 g/mol. The van der Waals surface area contributed by atoms with E-state index in [2.05, 4.69) is 20.8 Å². The number of rotatable bonds is 0. The quantitative estimate of drug-likeness (QED) is 0.596. The Morgan fingerprint density at radius 1 is 0.938 bits per heavy atom. The Hall–Kier alpha value is -0.560.